The average molecular weight is 437 g/mol. The van der Waals surface area contributed by atoms with Crippen LogP contribution < -0.4 is 10.1 Å². The highest BCUT2D eigenvalue weighted by Crippen LogP contribution is 2.35. The lowest BCUT2D eigenvalue weighted by atomic mass is 9.95. The van der Waals surface area contributed by atoms with E-state index >= 15 is 0 Å². The predicted molar refractivity (Wildman–Crippen MR) is 111 cm³/mol. The highest BCUT2D eigenvalue weighted by molar-refractivity contribution is 7.98. The Bertz CT molecular complexity index is 907. The number of carbonyl (C=O) groups excluding carboxylic acids is 2. The third-order valence-corrected chi connectivity index (χ3v) is 5.73. The normalized spacial score (nSPS) is 16.5. The number of aromatic amines is 1. The second kappa shape index (κ2) is 9.84. The lowest BCUT2D eigenvalue weighted by Gasteiger charge is -2.36. The first-order chi connectivity index (χ1) is 14.5. The maximum absolute atomic E-state index is 14.9. The van der Waals surface area contributed by atoms with Gasteiger partial charge in [-0.25, -0.2) is 19.0 Å². The van der Waals surface area contributed by atoms with Crippen LogP contribution in [0.3, 0.4) is 0 Å². The van der Waals surface area contributed by atoms with E-state index in [0.717, 1.165) is 5.69 Å². The van der Waals surface area contributed by atoms with Crippen molar-refractivity contribution in [1.29, 1.82) is 0 Å². The molecule has 0 saturated carbocycles. The van der Waals surface area contributed by atoms with E-state index in [1.54, 1.807) is 23.9 Å². The molecule has 2 N–H and O–H groups in total. The Labute approximate surface area is 178 Å². The number of benzene rings is 1. The first-order valence-electron chi connectivity index (χ1n) is 9.49. The Hall–Kier alpha value is -2.75. The molecular formula is C20H25FN4O4S. The van der Waals surface area contributed by atoms with Crippen molar-refractivity contribution in [2.75, 3.05) is 32.8 Å². The molecule has 1 aromatic carbocycles. The Morgan fingerprint density at radius 1 is 1.43 bits per heavy atom. The van der Waals surface area contributed by atoms with Gasteiger partial charge in [0.15, 0.2) is 0 Å². The van der Waals surface area contributed by atoms with Crippen molar-refractivity contribution >= 4 is 23.8 Å². The molecule has 0 unspecified atom stereocenters. The maximum atomic E-state index is 14.9. The van der Waals surface area contributed by atoms with Gasteiger partial charge in [0.2, 0.25) is 0 Å². The lowest BCUT2D eigenvalue weighted by molar-refractivity contribution is -0.142. The number of halogens is 1. The minimum Gasteiger partial charge on any atom is -0.497 e. The number of imidazole rings is 1. The summed E-state index contributed by atoms with van der Waals surface area (Å²) in [5.74, 6) is 0.0511. The van der Waals surface area contributed by atoms with Crippen molar-refractivity contribution in [3.63, 3.8) is 0 Å². The summed E-state index contributed by atoms with van der Waals surface area (Å²) in [6, 6.07) is 2.53. The Morgan fingerprint density at radius 3 is 2.90 bits per heavy atom. The van der Waals surface area contributed by atoms with Crippen LogP contribution in [0.4, 0.5) is 9.18 Å². The van der Waals surface area contributed by atoms with Gasteiger partial charge >= 0.3 is 12.0 Å². The van der Waals surface area contributed by atoms with Crippen LogP contribution in [-0.4, -0.2) is 65.7 Å². The summed E-state index contributed by atoms with van der Waals surface area (Å²) in [6.45, 7) is 0.341. The molecule has 1 aliphatic heterocycles. The minimum absolute atomic E-state index is 0.303. The van der Waals surface area contributed by atoms with Gasteiger partial charge in [0, 0.05) is 30.3 Å². The smallest absolute Gasteiger partial charge is 0.328 e. The number of rotatable bonds is 7. The van der Waals surface area contributed by atoms with Gasteiger partial charge in [-0.05, 0) is 30.6 Å². The van der Waals surface area contributed by atoms with Crippen LogP contribution in [0.2, 0.25) is 0 Å². The predicted octanol–water partition coefficient (Wildman–Crippen LogP) is 2.51. The van der Waals surface area contributed by atoms with Crippen LogP contribution in [0.25, 0.3) is 0 Å². The zero-order chi connectivity index (χ0) is 21.7. The number of methoxy groups -OCH3 is 2. The molecule has 2 heterocycles. The molecule has 0 fully saturated rings. The summed E-state index contributed by atoms with van der Waals surface area (Å²) in [6.07, 6.45) is 4.44. The van der Waals surface area contributed by atoms with Crippen molar-refractivity contribution in [3.8, 4) is 5.75 Å². The number of fused-ring (bicyclic) bond motifs is 1. The zero-order valence-corrected chi connectivity index (χ0v) is 17.9. The van der Waals surface area contributed by atoms with E-state index in [2.05, 4.69) is 15.3 Å². The number of nitrogens with one attached hydrogen (secondary N) is 2. The van der Waals surface area contributed by atoms with Crippen LogP contribution in [0.5, 0.6) is 5.75 Å². The summed E-state index contributed by atoms with van der Waals surface area (Å²) in [5.41, 5.74) is 1.74. The van der Waals surface area contributed by atoms with Gasteiger partial charge < -0.3 is 24.7 Å². The number of esters is 1. The quantitative estimate of drug-likeness (QED) is 0.648. The Morgan fingerprint density at radius 2 is 2.23 bits per heavy atom. The Kier molecular flexibility index (Phi) is 7.20. The van der Waals surface area contributed by atoms with Crippen LogP contribution in [0.15, 0.2) is 24.5 Å². The molecule has 10 heteroatoms. The number of hydrogen-bond acceptors (Lipinski definition) is 6. The number of aromatic nitrogens is 2. The highest BCUT2D eigenvalue weighted by atomic mass is 32.2. The monoisotopic (exact) mass is 436 g/mol. The van der Waals surface area contributed by atoms with E-state index in [4.69, 9.17) is 9.47 Å². The number of hydrogen-bond donors (Lipinski definition) is 2. The molecule has 8 nitrogen and oxygen atoms in total. The second-order valence-corrected chi connectivity index (χ2v) is 7.79. The summed E-state index contributed by atoms with van der Waals surface area (Å²) in [5, 5.41) is 2.75. The molecule has 0 radical (unpaired) electrons. The van der Waals surface area contributed by atoms with E-state index < -0.39 is 29.9 Å². The average Bonchev–Trinajstić information content (AvgIpc) is 3.24. The van der Waals surface area contributed by atoms with Gasteiger partial charge in [0.25, 0.3) is 0 Å². The molecule has 3 rings (SSSR count). The molecule has 0 spiro atoms. The fraction of sp³-hybridized carbons (Fsp3) is 0.450. The third-order valence-electron chi connectivity index (χ3n) is 5.08. The summed E-state index contributed by atoms with van der Waals surface area (Å²) in [7, 11) is 2.75. The summed E-state index contributed by atoms with van der Waals surface area (Å²) < 4.78 is 24.8. The van der Waals surface area contributed by atoms with Crippen molar-refractivity contribution in [3.05, 3.63) is 47.3 Å². The molecule has 1 aliphatic rings. The molecule has 162 valence electrons. The largest absolute Gasteiger partial charge is 0.497 e. The first kappa shape index (κ1) is 21.9. The molecule has 0 saturated heterocycles. The van der Waals surface area contributed by atoms with E-state index in [-0.39, 0.29) is 0 Å². The van der Waals surface area contributed by atoms with Crippen LogP contribution >= 0.6 is 11.8 Å². The standard InChI is InChI=1S/C20H25FN4O4S/c1-28-12-4-5-13(14(21)10-12)18-17-15(22-11-23-17)6-8-25(18)20(27)24-16(7-9-30-3)19(26)29-2/h4-5,10-11,16,18H,6-9H2,1-3H3,(H,22,23)(H,24,27)/t16-,18+/m0/s1. The number of thioether (sulfide) groups is 1. The van der Waals surface area contributed by atoms with Crippen LogP contribution in [0.1, 0.15) is 29.4 Å². The van der Waals surface area contributed by atoms with Gasteiger partial charge in [-0.15, -0.1) is 0 Å². The van der Waals surface area contributed by atoms with Crippen molar-refractivity contribution in [2.24, 2.45) is 0 Å². The minimum atomic E-state index is -0.781. The zero-order valence-electron chi connectivity index (χ0n) is 17.1. The number of H-pyrrole nitrogens is 1. The SMILES string of the molecule is COC(=O)[C@H](CCSC)NC(=O)N1CCc2[nH]cnc2[C@H]1c1ccc(OC)cc1F. The molecule has 2 aromatic rings. The molecule has 0 aliphatic carbocycles. The van der Waals surface area contributed by atoms with Crippen molar-refractivity contribution in [1.82, 2.24) is 20.2 Å². The number of amides is 2. The highest BCUT2D eigenvalue weighted by Gasteiger charge is 2.37. The number of carbonyl (C=O) groups is 2. The van der Waals surface area contributed by atoms with E-state index in [1.165, 1.54) is 31.5 Å². The van der Waals surface area contributed by atoms with Gasteiger partial charge in [0.1, 0.15) is 23.7 Å². The molecule has 0 bridgehead atoms. The molecular weight excluding hydrogens is 411 g/mol. The first-order valence-corrected chi connectivity index (χ1v) is 10.9. The molecule has 1 aromatic heterocycles. The fourth-order valence-corrected chi connectivity index (χ4v) is 4.00. The van der Waals surface area contributed by atoms with Gasteiger partial charge in [0.05, 0.1) is 26.2 Å². The fourth-order valence-electron chi connectivity index (χ4n) is 3.53. The lowest BCUT2D eigenvalue weighted by Crippen LogP contribution is -2.51. The topological polar surface area (TPSA) is 96.6 Å². The second-order valence-electron chi connectivity index (χ2n) is 6.81. The number of ether oxygens (including phenoxy) is 2. The Balaban J connectivity index is 1.92. The third kappa shape index (κ3) is 4.53. The summed E-state index contributed by atoms with van der Waals surface area (Å²) >= 11 is 1.57. The van der Waals surface area contributed by atoms with Crippen molar-refractivity contribution in [2.45, 2.75) is 24.9 Å². The molecule has 2 atom stereocenters. The van der Waals surface area contributed by atoms with E-state index in [1.807, 2.05) is 6.26 Å². The maximum Gasteiger partial charge on any atom is 0.328 e. The van der Waals surface area contributed by atoms with Crippen molar-refractivity contribution < 1.29 is 23.5 Å². The number of urea groups is 1. The summed E-state index contributed by atoms with van der Waals surface area (Å²) in [4.78, 5) is 34.2. The van der Waals surface area contributed by atoms with Gasteiger partial charge in [-0.3, -0.25) is 0 Å². The van der Waals surface area contributed by atoms with Crippen LogP contribution in [0, 0.1) is 5.82 Å². The molecule has 30 heavy (non-hydrogen) atoms. The van der Waals surface area contributed by atoms with E-state index in [9.17, 15) is 14.0 Å². The van der Waals surface area contributed by atoms with Gasteiger partial charge in [-0.2, -0.15) is 11.8 Å². The van der Waals surface area contributed by atoms with Gasteiger partial charge in [-0.1, -0.05) is 0 Å². The van der Waals surface area contributed by atoms with E-state index in [0.29, 0.717) is 42.1 Å². The molecule has 2 amide bonds. The number of nitrogens with zero attached hydrogens (tertiary/aromatic N) is 2. The van der Waals surface area contributed by atoms with Crippen LogP contribution in [-0.2, 0) is 16.0 Å².